The Morgan fingerprint density at radius 2 is 1.89 bits per heavy atom. The van der Waals surface area contributed by atoms with Crippen LogP contribution in [0.3, 0.4) is 0 Å². The van der Waals surface area contributed by atoms with Gasteiger partial charge >= 0.3 is 0 Å². The van der Waals surface area contributed by atoms with Gasteiger partial charge in [-0.25, -0.2) is 9.97 Å². The van der Waals surface area contributed by atoms with Crippen molar-refractivity contribution in [3.63, 3.8) is 0 Å². The third-order valence-corrected chi connectivity index (χ3v) is 6.13. The first-order valence-corrected chi connectivity index (χ1v) is 10.3. The van der Waals surface area contributed by atoms with Crippen molar-refractivity contribution in [2.45, 2.75) is 51.1 Å². The van der Waals surface area contributed by atoms with Gasteiger partial charge in [-0.2, -0.15) is 0 Å². The zero-order chi connectivity index (χ0) is 18.6. The Labute approximate surface area is 160 Å². The molecule has 1 N–H and O–H groups in total. The number of carbonyl (C=O) groups excluding carboxylic acids is 2. The lowest BCUT2D eigenvalue weighted by molar-refractivity contribution is -0.134. The summed E-state index contributed by atoms with van der Waals surface area (Å²) in [6.45, 7) is 4.11. The van der Waals surface area contributed by atoms with Crippen LogP contribution in [-0.4, -0.2) is 63.8 Å². The predicted molar refractivity (Wildman–Crippen MR) is 101 cm³/mol. The standard InChI is InChI=1S/C20H29N5O2/c26-19(22-12-17-5-8-21-14-23-17)16-2-1-9-25(13-16)18-6-10-24(11-7-18)20(27)15-3-4-15/h5,8,14-16,18H,1-4,6-7,9-13H2,(H,22,26)/t16-/m0/s1. The molecular weight excluding hydrogens is 342 g/mol. The van der Waals surface area contributed by atoms with Crippen molar-refractivity contribution in [3.05, 3.63) is 24.3 Å². The summed E-state index contributed by atoms with van der Waals surface area (Å²) in [6.07, 6.45) is 9.44. The smallest absolute Gasteiger partial charge is 0.225 e. The maximum atomic E-state index is 12.6. The Morgan fingerprint density at radius 3 is 2.59 bits per heavy atom. The molecule has 0 bridgehead atoms. The summed E-state index contributed by atoms with van der Waals surface area (Å²) < 4.78 is 0. The molecule has 0 aromatic carbocycles. The van der Waals surface area contributed by atoms with E-state index in [-0.39, 0.29) is 11.8 Å². The molecule has 0 radical (unpaired) electrons. The van der Waals surface area contributed by atoms with Gasteiger partial charge in [0.25, 0.3) is 0 Å². The van der Waals surface area contributed by atoms with E-state index >= 15 is 0 Å². The highest BCUT2D eigenvalue weighted by Crippen LogP contribution is 2.32. The number of nitrogens with zero attached hydrogens (tertiary/aromatic N) is 4. The molecule has 2 amide bonds. The van der Waals surface area contributed by atoms with Crippen molar-refractivity contribution < 1.29 is 9.59 Å². The molecule has 27 heavy (non-hydrogen) atoms. The summed E-state index contributed by atoms with van der Waals surface area (Å²) in [6, 6.07) is 2.33. The van der Waals surface area contributed by atoms with E-state index in [1.165, 1.54) is 6.33 Å². The lowest BCUT2D eigenvalue weighted by Gasteiger charge is -2.42. The molecule has 3 fully saturated rings. The van der Waals surface area contributed by atoms with Crippen LogP contribution in [0.15, 0.2) is 18.6 Å². The summed E-state index contributed by atoms with van der Waals surface area (Å²) in [5.41, 5.74) is 0.832. The van der Waals surface area contributed by atoms with Crippen LogP contribution in [0, 0.1) is 11.8 Å². The first-order valence-electron chi connectivity index (χ1n) is 10.3. The Bertz CT molecular complexity index is 656. The van der Waals surface area contributed by atoms with Crippen LogP contribution in [0.25, 0.3) is 0 Å². The normalized spacial score (nSPS) is 24.6. The van der Waals surface area contributed by atoms with Crippen molar-refractivity contribution in [2.75, 3.05) is 26.2 Å². The Balaban J connectivity index is 1.24. The molecule has 4 rings (SSSR count). The molecule has 1 aromatic heterocycles. The Kier molecular flexibility index (Phi) is 5.66. The molecule has 2 saturated heterocycles. The first kappa shape index (κ1) is 18.3. The minimum Gasteiger partial charge on any atom is -0.350 e. The summed E-state index contributed by atoms with van der Waals surface area (Å²) in [7, 11) is 0. The maximum Gasteiger partial charge on any atom is 0.225 e. The number of piperidine rings is 2. The topological polar surface area (TPSA) is 78.4 Å². The zero-order valence-corrected chi connectivity index (χ0v) is 15.8. The van der Waals surface area contributed by atoms with Gasteiger partial charge in [-0.05, 0) is 51.1 Å². The van der Waals surface area contributed by atoms with Crippen LogP contribution < -0.4 is 5.32 Å². The van der Waals surface area contributed by atoms with Crippen LogP contribution in [0.4, 0.5) is 0 Å². The summed E-state index contributed by atoms with van der Waals surface area (Å²) >= 11 is 0. The number of hydrogen-bond donors (Lipinski definition) is 1. The van der Waals surface area contributed by atoms with Gasteiger partial charge in [-0.15, -0.1) is 0 Å². The van der Waals surface area contributed by atoms with Gasteiger partial charge in [0.1, 0.15) is 6.33 Å². The molecule has 2 aliphatic heterocycles. The van der Waals surface area contributed by atoms with E-state index in [4.69, 9.17) is 0 Å². The van der Waals surface area contributed by atoms with Crippen molar-refractivity contribution in [1.82, 2.24) is 25.1 Å². The largest absolute Gasteiger partial charge is 0.350 e. The fraction of sp³-hybridized carbons (Fsp3) is 0.700. The molecular formula is C20H29N5O2. The number of carbonyl (C=O) groups is 2. The quantitative estimate of drug-likeness (QED) is 0.842. The van der Waals surface area contributed by atoms with Crippen molar-refractivity contribution >= 4 is 11.8 Å². The minimum atomic E-state index is 0.0479. The average molecular weight is 371 g/mol. The fourth-order valence-corrected chi connectivity index (χ4v) is 4.34. The molecule has 1 aromatic rings. The zero-order valence-electron chi connectivity index (χ0n) is 15.8. The maximum absolute atomic E-state index is 12.6. The fourth-order valence-electron chi connectivity index (χ4n) is 4.34. The Hall–Kier alpha value is -2.02. The monoisotopic (exact) mass is 371 g/mol. The Morgan fingerprint density at radius 1 is 1.07 bits per heavy atom. The molecule has 1 aliphatic carbocycles. The van der Waals surface area contributed by atoms with Gasteiger partial charge in [-0.1, -0.05) is 0 Å². The van der Waals surface area contributed by atoms with E-state index in [9.17, 15) is 9.59 Å². The average Bonchev–Trinajstić information content (AvgIpc) is 3.58. The van der Waals surface area contributed by atoms with E-state index in [1.54, 1.807) is 6.20 Å². The van der Waals surface area contributed by atoms with Gasteiger partial charge in [0, 0.05) is 37.8 Å². The number of rotatable bonds is 5. The van der Waals surface area contributed by atoms with Crippen molar-refractivity contribution in [3.8, 4) is 0 Å². The van der Waals surface area contributed by atoms with Crippen LogP contribution >= 0.6 is 0 Å². The molecule has 3 heterocycles. The molecule has 7 heteroatoms. The van der Waals surface area contributed by atoms with E-state index in [0.29, 0.717) is 24.4 Å². The second kappa shape index (κ2) is 8.33. The molecule has 1 saturated carbocycles. The number of hydrogen-bond acceptors (Lipinski definition) is 5. The van der Waals surface area contributed by atoms with Gasteiger partial charge in [0.15, 0.2) is 0 Å². The molecule has 0 spiro atoms. The third-order valence-electron chi connectivity index (χ3n) is 6.13. The molecule has 0 unspecified atom stereocenters. The van der Waals surface area contributed by atoms with Crippen LogP contribution in [-0.2, 0) is 16.1 Å². The van der Waals surface area contributed by atoms with Crippen molar-refractivity contribution in [2.24, 2.45) is 11.8 Å². The van der Waals surface area contributed by atoms with E-state index in [1.807, 2.05) is 6.07 Å². The SMILES string of the molecule is O=C(NCc1ccncn1)[C@H]1CCCN(C2CCN(C(=O)C3CC3)CC2)C1. The van der Waals surface area contributed by atoms with Crippen molar-refractivity contribution in [1.29, 1.82) is 0 Å². The van der Waals surface area contributed by atoms with Gasteiger partial charge in [0.05, 0.1) is 18.2 Å². The highest BCUT2D eigenvalue weighted by atomic mass is 16.2. The number of likely N-dealkylation sites (tertiary alicyclic amines) is 2. The molecule has 7 nitrogen and oxygen atoms in total. The molecule has 3 aliphatic rings. The lowest BCUT2D eigenvalue weighted by Crippen LogP contribution is -2.51. The lowest BCUT2D eigenvalue weighted by atomic mass is 9.93. The number of nitrogens with one attached hydrogen (secondary N) is 1. The van der Waals surface area contributed by atoms with Gasteiger partial charge in [-0.3, -0.25) is 14.5 Å². The third kappa shape index (κ3) is 4.64. The summed E-state index contributed by atoms with van der Waals surface area (Å²) in [5, 5.41) is 3.02. The predicted octanol–water partition coefficient (Wildman–Crippen LogP) is 1.21. The first-order chi connectivity index (χ1) is 13.2. The second-order valence-corrected chi connectivity index (χ2v) is 8.08. The van der Waals surface area contributed by atoms with Crippen LogP contribution in [0.2, 0.25) is 0 Å². The van der Waals surface area contributed by atoms with E-state index in [0.717, 1.165) is 70.4 Å². The number of aromatic nitrogens is 2. The van der Waals surface area contributed by atoms with Gasteiger partial charge < -0.3 is 10.2 Å². The molecule has 146 valence electrons. The summed E-state index contributed by atoms with van der Waals surface area (Å²) in [4.78, 5) is 37.4. The highest BCUT2D eigenvalue weighted by molar-refractivity contribution is 5.81. The molecule has 1 atom stereocenters. The summed E-state index contributed by atoms with van der Waals surface area (Å²) in [5.74, 6) is 0.861. The highest BCUT2D eigenvalue weighted by Gasteiger charge is 2.37. The second-order valence-electron chi connectivity index (χ2n) is 8.08. The van der Waals surface area contributed by atoms with Crippen LogP contribution in [0.5, 0.6) is 0 Å². The van der Waals surface area contributed by atoms with E-state index in [2.05, 4.69) is 25.1 Å². The minimum absolute atomic E-state index is 0.0479. The van der Waals surface area contributed by atoms with Crippen LogP contribution in [0.1, 0.15) is 44.2 Å². The van der Waals surface area contributed by atoms with Gasteiger partial charge in [0.2, 0.25) is 11.8 Å². The number of amides is 2. The van der Waals surface area contributed by atoms with E-state index < -0.39 is 0 Å².